The maximum Gasteiger partial charge on any atom is 0.328 e. The number of urea groups is 1. The summed E-state index contributed by atoms with van der Waals surface area (Å²) in [6.07, 6.45) is 5.24. The Morgan fingerprint density at radius 2 is 1.93 bits per heavy atom. The van der Waals surface area contributed by atoms with Gasteiger partial charge in [-0.3, -0.25) is 14.5 Å². The van der Waals surface area contributed by atoms with Crippen molar-refractivity contribution in [2.24, 2.45) is 17.0 Å². The van der Waals surface area contributed by atoms with E-state index in [0.29, 0.717) is 24.3 Å². The SMILES string of the molecule is CCO/N=C(\C)C1=CN(/C=C(\OC(=O)C(C)C)c2cc(F)ccc2OC)C(=O)N(C2CCCC2NC(=O)C(C)C)C1. The summed E-state index contributed by atoms with van der Waals surface area (Å²) in [5.41, 5.74) is 1.42. The number of esters is 1. The van der Waals surface area contributed by atoms with E-state index in [2.05, 4.69) is 10.5 Å². The van der Waals surface area contributed by atoms with Gasteiger partial charge in [-0.15, -0.1) is 0 Å². The van der Waals surface area contributed by atoms with E-state index < -0.39 is 17.7 Å². The maximum atomic E-state index is 14.4. The monoisotopic (exact) mass is 572 g/mol. The largest absolute Gasteiger partial charge is 0.496 e. The summed E-state index contributed by atoms with van der Waals surface area (Å²) in [7, 11) is 1.42. The summed E-state index contributed by atoms with van der Waals surface area (Å²) < 4.78 is 25.5. The fourth-order valence-corrected chi connectivity index (χ4v) is 4.65. The van der Waals surface area contributed by atoms with Gasteiger partial charge in [0.25, 0.3) is 0 Å². The highest BCUT2D eigenvalue weighted by atomic mass is 19.1. The number of nitrogens with one attached hydrogen (secondary N) is 1. The number of amides is 3. The van der Waals surface area contributed by atoms with Crippen molar-refractivity contribution in [3.8, 4) is 5.75 Å². The molecule has 11 heteroatoms. The first kappa shape index (κ1) is 31.6. The fraction of sp³-hybridized carbons (Fsp3) is 0.533. The number of nitrogens with zero attached hydrogens (tertiary/aromatic N) is 3. The smallest absolute Gasteiger partial charge is 0.328 e. The fourth-order valence-electron chi connectivity index (χ4n) is 4.65. The van der Waals surface area contributed by atoms with Crippen LogP contribution in [0.25, 0.3) is 5.76 Å². The first-order chi connectivity index (χ1) is 19.5. The van der Waals surface area contributed by atoms with Crippen molar-refractivity contribution in [2.45, 2.75) is 72.9 Å². The number of ether oxygens (including phenoxy) is 2. The van der Waals surface area contributed by atoms with Gasteiger partial charge < -0.3 is 24.5 Å². The van der Waals surface area contributed by atoms with Gasteiger partial charge in [-0.25, -0.2) is 9.18 Å². The van der Waals surface area contributed by atoms with Crippen LogP contribution in [0.1, 0.15) is 66.4 Å². The Morgan fingerprint density at radius 3 is 2.56 bits per heavy atom. The highest BCUT2D eigenvalue weighted by Crippen LogP contribution is 2.32. The molecule has 2 unspecified atom stereocenters. The van der Waals surface area contributed by atoms with Crippen molar-refractivity contribution >= 4 is 29.4 Å². The lowest BCUT2D eigenvalue weighted by atomic mass is 10.0. The zero-order valence-electron chi connectivity index (χ0n) is 24.9. The van der Waals surface area contributed by atoms with E-state index in [4.69, 9.17) is 14.3 Å². The molecule has 1 heterocycles. The lowest BCUT2D eigenvalue weighted by molar-refractivity contribution is -0.140. The number of benzene rings is 1. The number of hydrogen-bond donors (Lipinski definition) is 1. The van der Waals surface area contributed by atoms with Crippen molar-refractivity contribution in [3.63, 3.8) is 0 Å². The minimum absolute atomic E-state index is 0.0543. The predicted molar refractivity (Wildman–Crippen MR) is 153 cm³/mol. The molecule has 3 rings (SSSR count). The molecule has 10 nitrogen and oxygen atoms in total. The summed E-state index contributed by atoms with van der Waals surface area (Å²) in [6.45, 7) is 11.2. The van der Waals surface area contributed by atoms with Crippen LogP contribution >= 0.6 is 0 Å². The second-order valence-corrected chi connectivity index (χ2v) is 10.7. The Bertz CT molecular complexity index is 1230. The topological polar surface area (TPSA) is 110 Å². The van der Waals surface area contributed by atoms with Crippen molar-refractivity contribution < 1.29 is 33.1 Å². The van der Waals surface area contributed by atoms with Gasteiger partial charge in [-0.05, 0) is 51.3 Å². The number of halogens is 1. The van der Waals surface area contributed by atoms with Crippen LogP contribution < -0.4 is 10.1 Å². The molecule has 0 aromatic heterocycles. The molecule has 224 valence electrons. The van der Waals surface area contributed by atoms with Crippen LogP contribution in [-0.2, 0) is 19.2 Å². The van der Waals surface area contributed by atoms with Crippen LogP contribution in [0.2, 0.25) is 0 Å². The molecule has 1 aliphatic heterocycles. The van der Waals surface area contributed by atoms with Crippen molar-refractivity contribution in [1.29, 1.82) is 0 Å². The van der Waals surface area contributed by atoms with E-state index in [1.165, 1.54) is 36.4 Å². The number of carbonyl (C=O) groups is 3. The first-order valence-electron chi connectivity index (χ1n) is 14.0. The molecule has 1 aliphatic carbocycles. The molecule has 2 atom stereocenters. The third-order valence-corrected chi connectivity index (χ3v) is 6.99. The van der Waals surface area contributed by atoms with Crippen molar-refractivity contribution in [3.05, 3.63) is 47.6 Å². The third-order valence-electron chi connectivity index (χ3n) is 6.99. The van der Waals surface area contributed by atoms with Gasteiger partial charge in [0, 0.05) is 23.7 Å². The van der Waals surface area contributed by atoms with Gasteiger partial charge in [-0.1, -0.05) is 32.9 Å². The van der Waals surface area contributed by atoms with E-state index in [1.807, 2.05) is 20.8 Å². The second kappa shape index (κ2) is 14.1. The minimum atomic E-state index is -0.565. The average molecular weight is 573 g/mol. The molecule has 41 heavy (non-hydrogen) atoms. The van der Waals surface area contributed by atoms with E-state index in [9.17, 15) is 18.8 Å². The van der Waals surface area contributed by atoms with Gasteiger partial charge in [0.1, 0.15) is 18.2 Å². The van der Waals surface area contributed by atoms with E-state index in [-0.39, 0.29) is 53.6 Å². The average Bonchev–Trinajstić information content (AvgIpc) is 3.39. The summed E-state index contributed by atoms with van der Waals surface area (Å²) in [6, 6.07) is 2.97. The Morgan fingerprint density at radius 1 is 1.20 bits per heavy atom. The summed E-state index contributed by atoms with van der Waals surface area (Å²) in [4.78, 5) is 47.5. The van der Waals surface area contributed by atoms with Crippen LogP contribution in [0.5, 0.6) is 5.75 Å². The quantitative estimate of drug-likeness (QED) is 0.172. The molecule has 1 saturated carbocycles. The van der Waals surface area contributed by atoms with Gasteiger partial charge >= 0.3 is 12.0 Å². The van der Waals surface area contributed by atoms with Crippen LogP contribution in [0.15, 0.2) is 41.3 Å². The molecule has 1 aromatic rings. The minimum Gasteiger partial charge on any atom is -0.496 e. The zero-order valence-corrected chi connectivity index (χ0v) is 24.9. The number of methoxy groups -OCH3 is 1. The molecular formula is C30H41FN4O6. The highest BCUT2D eigenvalue weighted by Gasteiger charge is 2.40. The van der Waals surface area contributed by atoms with E-state index >= 15 is 0 Å². The molecule has 2 aliphatic rings. The van der Waals surface area contributed by atoms with Crippen LogP contribution in [0.3, 0.4) is 0 Å². The molecule has 0 spiro atoms. The van der Waals surface area contributed by atoms with Gasteiger partial charge in [-0.2, -0.15) is 0 Å². The lowest BCUT2D eigenvalue weighted by Crippen LogP contribution is -2.56. The Kier molecular flexibility index (Phi) is 10.9. The molecule has 1 fully saturated rings. The summed E-state index contributed by atoms with van der Waals surface area (Å²) >= 11 is 0. The normalized spacial score (nSPS) is 20.0. The second-order valence-electron chi connectivity index (χ2n) is 10.7. The molecular weight excluding hydrogens is 531 g/mol. The van der Waals surface area contributed by atoms with E-state index in [1.54, 1.807) is 31.9 Å². The number of oxime groups is 1. The maximum absolute atomic E-state index is 14.4. The molecule has 0 radical (unpaired) electrons. The third kappa shape index (κ3) is 7.86. The van der Waals surface area contributed by atoms with Gasteiger partial charge in [0.2, 0.25) is 5.91 Å². The van der Waals surface area contributed by atoms with E-state index in [0.717, 1.165) is 12.8 Å². The highest BCUT2D eigenvalue weighted by molar-refractivity contribution is 6.00. The Labute approximate surface area is 241 Å². The van der Waals surface area contributed by atoms with Gasteiger partial charge in [0.05, 0.1) is 43.1 Å². The molecule has 0 saturated heterocycles. The predicted octanol–water partition coefficient (Wildman–Crippen LogP) is 5.06. The molecule has 1 aromatic carbocycles. The van der Waals surface area contributed by atoms with Crippen molar-refractivity contribution in [2.75, 3.05) is 20.3 Å². The zero-order chi connectivity index (χ0) is 30.3. The van der Waals surface area contributed by atoms with Gasteiger partial charge in [0.15, 0.2) is 5.76 Å². The molecule has 1 N–H and O–H groups in total. The number of rotatable bonds is 11. The molecule has 3 amide bonds. The molecule has 0 bridgehead atoms. The summed E-state index contributed by atoms with van der Waals surface area (Å²) in [5.74, 6) is -1.67. The van der Waals surface area contributed by atoms with Crippen LogP contribution in [0, 0.1) is 17.7 Å². The number of hydrogen-bond acceptors (Lipinski definition) is 7. The van der Waals surface area contributed by atoms with Crippen LogP contribution in [0.4, 0.5) is 9.18 Å². The van der Waals surface area contributed by atoms with Crippen LogP contribution in [-0.4, -0.2) is 65.8 Å². The number of carbonyl (C=O) groups excluding carboxylic acids is 3. The Hall–Kier alpha value is -3.89. The standard InChI is InChI=1S/C30H41FN4O6/c1-8-40-33-20(6)21-15-34(30(38)35(16-21)25-11-9-10-24(25)32-28(36)18(2)3)17-27(41-29(37)19(4)5)23-14-22(31)12-13-26(23)39-7/h12-15,17-19,24-25H,8-11,16H2,1-7H3,(H,32,36)/b27-17-,33-20+. The summed E-state index contributed by atoms with van der Waals surface area (Å²) in [5, 5.41) is 7.26. The lowest BCUT2D eigenvalue weighted by Gasteiger charge is -2.39. The van der Waals surface area contributed by atoms with Crippen molar-refractivity contribution in [1.82, 2.24) is 15.1 Å². The Balaban J connectivity index is 2.11. The first-order valence-corrected chi connectivity index (χ1v) is 14.0.